The minimum Gasteiger partial charge on any atom is -0.105 e. The molecule has 0 nitrogen and oxygen atoms in total. The summed E-state index contributed by atoms with van der Waals surface area (Å²) in [5, 5.41) is 1.43. The predicted octanol–water partition coefficient (Wildman–Crippen LogP) is 6.21. The number of aryl methyl sites for hydroxylation is 1. The molecule has 0 spiro atoms. The van der Waals surface area contributed by atoms with Crippen LogP contribution in [0.3, 0.4) is 0 Å². The van der Waals surface area contributed by atoms with E-state index in [-0.39, 0.29) is 0 Å². The Morgan fingerprint density at radius 3 is 1.90 bits per heavy atom. The van der Waals surface area contributed by atoms with Gasteiger partial charge in [0, 0.05) is 0 Å². The second-order valence-electron chi connectivity index (χ2n) is 6.31. The van der Waals surface area contributed by atoms with Gasteiger partial charge in [0.15, 0.2) is 0 Å². The molecule has 0 aromatic heterocycles. The van der Waals surface area contributed by atoms with Crippen LogP contribution < -0.4 is 5.30 Å². The average Bonchev–Trinajstić information content (AvgIpc) is 2.49. The molecule has 0 aliphatic carbocycles. The zero-order chi connectivity index (χ0) is 15.3. The molecule has 0 aliphatic heterocycles. The van der Waals surface area contributed by atoms with Crippen LogP contribution in [0.25, 0.3) is 0 Å². The molecule has 1 unspecified atom stereocenters. The van der Waals surface area contributed by atoms with Gasteiger partial charge < -0.3 is 0 Å². The fraction of sp³-hybridized carbons (Fsp3) is 0.700. The monoisotopic (exact) mass is 306 g/mol. The summed E-state index contributed by atoms with van der Waals surface area (Å²) in [6, 6.07) is 6.84. The molecule has 0 saturated heterocycles. The van der Waals surface area contributed by atoms with Gasteiger partial charge >= 0.3 is 0 Å². The lowest BCUT2D eigenvalue weighted by Crippen LogP contribution is -2.07. The van der Waals surface area contributed by atoms with E-state index in [0.717, 1.165) is 0 Å². The molecule has 0 N–H and O–H groups in total. The molecule has 21 heavy (non-hydrogen) atoms. The fourth-order valence-electron chi connectivity index (χ4n) is 3.02. The first-order chi connectivity index (χ1) is 10.3. The Labute approximate surface area is 135 Å². The standard InChI is InChI=1S/C20H35P/c1-3-5-7-9-11-14-18-15-13-17-20(21)19(18)16-12-10-8-6-4-2/h13,15,17H,3-12,14,16,21H2,1-2H3. The van der Waals surface area contributed by atoms with E-state index in [0.29, 0.717) is 0 Å². The topological polar surface area (TPSA) is 0 Å². The van der Waals surface area contributed by atoms with E-state index < -0.39 is 0 Å². The highest BCUT2D eigenvalue weighted by Crippen LogP contribution is 2.17. The van der Waals surface area contributed by atoms with Crippen molar-refractivity contribution in [1.29, 1.82) is 0 Å². The van der Waals surface area contributed by atoms with E-state index in [9.17, 15) is 0 Å². The van der Waals surface area contributed by atoms with Crippen molar-refractivity contribution in [3.8, 4) is 0 Å². The van der Waals surface area contributed by atoms with Crippen LogP contribution in [0.1, 0.15) is 89.2 Å². The minimum absolute atomic E-state index is 1.27. The molecule has 1 aromatic rings. The Hall–Kier alpha value is -0.350. The predicted molar refractivity (Wildman–Crippen MR) is 101 cm³/mol. The van der Waals surface area contributed by atoms with E-state index in [1.165, 1.54) is 82.4 Å². The fourth-order valence-corrected chi connectivity index (χ4v) is 3.46. The summed E-state index contributed by atoms with van der Waals surface area (Å²) in [5.74, 6) is 0. The van der Waals surface area contributed by atoms with E-state index in [4.69, 9.17) is 0 Å². The average molecular weight is 306 g/mol. The zero-order valence-corrected chi connectivity index (χ0v) is 15.4. The number of rotatable bonds is 12. The maximum atomic E-state index is 2.95. The van der Waals surface area contributed by atoms with Crippen molar-refractivity contribution in [2.45, 2.75) is 90.9 Å². The first-order valence-electron chi connectivity index (χ1n) is 9.15. The summed E-state index contributed by atoms with van der Waals surface area (Å²) < 4.78 is 0. The molecule has 1 aromatic carbocycles. The molecule has 0 radical (unpaired) electrons. The summed E-state index contributed by atoms with van der Waals surface area (Å²) in [5.41, 5.74) is 3.23. The Balaban J connectivity index is 2.41. The van der Waals surface area contributed by atoms with Gasteiger partial charge in [-0.25, -0.2) is 0 Å². The van der Waals surface area contributed by atoms with Crippen LogP contribution in [0.15, 0.2) is 18.2 Å². The molecule has 1 atom stereocenters. The van der Waals surface area contributed by atoms with Gasteiger partial charge in [-0.15, -0.1) is 9.24 Å². The first-order valence-corrected chi connectivity index (χ1v) is 9.73. The van der Waals surface area contributed by atoms with Crippen LogP contribution in [-0.2, 0) is 12.8 Å². The van der Waals surface area contributed by atoms with Crippen molar-refractivity contribution in [2.24, 2.45) is 0 Å². The smallest absolute Gasteiger partial charge is 0.0268 e. The largest absolute Gasteiger partial charge is 0.105 e. The molecule has 0 saturated carbocycles. The molecule has 1 rings (SSSR count). The van der Waals surface area contributed by atoms with Crippen LogP contribution in [0, 0.1) is 0 Å². The molecular weight excluding hydrogens is 271 g/mol. The summed E-state index contributed by atoms with van der Waals surface area (Å²) in [6.45, 7) is 4.57. The van der Waals surface area contributed by atoms with Crippen LogP contribution >= 0.6 is 9.24 Å². The highest BCUT2D eigenvalue weighted by Gasteiger charge is 2.05. The van der Waals surface area contributed by atoms with E-state index in [1.807, 2.05) is 0 Å². The second kappa shape index (κ2) is 12.2. The highest BCUT2D eigenvalue weighted by atomic mass is 31.0. The molecule has 0 bridgehead atoms. The third-order valence-corrected chi connectivity index (χ3v) is 4.93. The van der Waals surface area contributed by atoms with Crippen molar-refractivity contribution >= 4 is 14.5 Å². The third-order valence-electron chi connectivity index (χ3n) is 4.39. The third kappa shape index (κ3) is 8.01. The highest BCUT2D eigenvalue weighted by molar-refractivity contribution is 7.27. The van der Waals surface area contributed by atoms with E-state index >= 15 is 0 Å². The lowest BCUT2D eigenvalue weighted by atomic mass is 9.96. The van der Waals surface area contributed by atoms with Gasteiger partial charge in [-0.3, -0.25) is 0 Å². The van der Waals surface area contributed by atoms with Gasteiger partial charge in [0.05, 0.1) is 0 Å². The van der Waals surface area contributed by atoms with Crippen molar-refractivity contribution in [3.63, 3.8) is 0 Å². The van der Waals surface area contributed by atoms with Gasteiger partial charge in [-0.2, -0.15) is 0 Å². The Kier molecular flexibility index (Phi) is 10.9. The summed E-state index contributed by atoms with van der Waals surface area (Å²) >= 11 is 0. The lowest BCUT2D eigenvalue weighted by molar-refractivity contribution is 0.621. The number of unbranched alkanes of at least 4 members (excludes halogenated alkanes) is 8. The summed E-state index contributed by atoms with van der Waals surface area (Å²) in [4.78, 5) is 0. The van der Waals surface area contributed by atoms with Crippen molar-refractivity contribution < 1.29 is 0 Å². The van der Waals surface area contributed by atoms with Crippen molar-refractivity contribution in [2.75, 3.05) is 0 Å². The number of hydrogen-bond donors (Lipinski definition) is 0. The maximum Gasteiger partial charge on any atom is -0.0268 e. The minimum atomic E-state index is 1.27. The van der Waals surface area contributed by atoms with Crippen LogP contribution in [0.2, 0.25) is 0 Å². The van der Waals surface area contributed by atoms with Gasteiger partial charge in [-0.05, 0) is 42.1 Å². The van der Waals surface area contributed by atoms with Gasteiger partial charge in [0.1, 0.15) is 0 Å². The SMILES string of the molecule is CCCCCCCc1cccc(P)c1CCCCCCC. The molecular formula is C20H35P. The Bertz CT molecular complexity index is 370. The lowest BCUT2D eigenvalue weighted by Gasteiger charge is -2.12. The number of benzene rings is 1. The molecule has 0 heterocycles. The molecule has 120 valence electrons. The first kappa shape index (κ1) is 18.7. The van der Waals surface area contributed by atoms with Gasteiger partial charge in [0.25, 0.3) is 0 Å². The quantitative estimate of drug-likeness (QED) is 0.318. The van der Waals surface area contributed by atoms with E-state index in [2.05, 4.69) is 41.3 Å². The summed E-state index contributed by atoms with van der Waals surface area (Å²) in [6.07, 6.45) is 16.3. The van der Waals surface area contributed by atoms with Crippen molar-refractivity contribution in [1.82, 2.24) is 0 Å². The zero-order valence-electron chi connectivity index (χ0n) is 14.3. The van der Waals surface area contributed by atoms with Crippen molar-refractivity contribution in [3.05, 3.63) is 29.3 Å². The summed E-state index contributed by atoms with van der Waals surface area (Å²) in [7, 11) is 2.95. The second-order valence-corrected chi connectivity index (χ2v) is 6.94. The van der Waals surface area contributed by atoms with E-state index in [1.54, 1.807) is 11.1 Å². The van der Waals surface area contributed by atoms with Gasteiger partial charge in [0.2, 0.25) is 0 Å². The number of hydrogen-bond acceptors (Lipinski definition) is 0. The van der Waals surface area contributed by atoms with Crippen LogP contribution in [-0.4, -0.2) is 0 Å². The van der Waals surface area contributed by atoms with Crippen LogP contribution in [0.5, 0.6) is 0 Å². The Morgan fingerprint density at radius 1 is 0.714 bits per heavy atom. The molecule has 0 amide bonds. The normalized spacial score (nSPS) is 11.0. The Morgan fingerprint density at radius 2 is 1.29 bits per heavy atom. The van der Waals surface area contributed by atoms with Crippen LogP contribution in [0.4, 0.5) is 0 Å². The molecule has 0 aliphatic rings. The molecule has 0 fully saturated rings. The molecule has 1 heteroatoms. The van der Waals surface area contributed by atoms with Gasteiger partial charge in [-0.1, -0.05) is 83.4 Å². The maximum absolute atomic E-state index is 2.95.